The van der Waals surface area contributed by atoms with E-state index >= 15 is 0 Å². The second kappa shape index (κ2) is 21.4. The predicted octanol–water partition coefficient (Wildman–Crippen LogP) is 7.25. The Morgan fingerprint density at radius 3 is 2.25 bits per heavy atom. The molecule has 1 aromatic rings. The Balaban J connectivity index is 1.31. The normalized spacial score (nSPS) is 17.4. The quantitative estimate of drug-likeness (QED) is 0.168. The number of carbonyl (C=O) groups excluding carboxylic acids is 1. The van der Waals surface area contributed by atoms with Crippen LogP contribution in [0.2, 0.25) is 0 Å². The predicted molar refractivity (Wildman–Crippen MR) is 146 cm³/mol. The summed E-state index contributed by atoms with van der Waals surface area (Å²) in [4.78, 5) is 16.1. The SMILES string of the molecule is CCCCCCCCCCCCCCCCOC[C@@H]1CO[C@@H](COC(=O)NCCc2ccccn2)C1. The van der Waals surface area contributed by atoms with Crippen molar-refractivity contribution in [2.45, 2.75) is 116 Å². The maximum Gasteiger partial charge on any atom is 0.407 e. The number of hydrogen-bond donors (Lipinski definition) is 1. The summed E-state index contributed by atoms with van der Waals surface area (Å²) >= 11 is 0. The van der Waals surface area contributed by atoms with Crippen molar-refractivity contribution in [1.29, 1.82) is 0 Å². The van der Waals surface area contributed by atoms with Crippen molar-refractivity contribution in [3.8, 4) is 0 Å². The van der Waals surface area contributed by atoms with E-state index in [1.807, 2.05) is 18.2 Å². The maximum absolute atomic E-state index is 11.9. The third-order valence-corrected chi connectivity index (χ3v) is 6.94. The number of pyridine rings is 1. The van der Waals surface area contributed by atoms with Crippen LogP contribution in [0.15, 0.2) is 24.4 Å². The fraction of sp³-hybridized carbons (Fsp3) is 0.800. The summed E-state index contributed by atoms with van der Waals surface area (Å²) in [6.07, 6.45) is 22.2. The molecule has 36 heavy (non-hydrogen) atoms. The zero-order chi connectivity index (χ0) is 25.5. The van der Waals surface area contributed by atoms with Crippen molar-refractivity contribution in [3.05, 3.63) is 30.1 Å². The highest BCUT2D eigenvalue weighted by atomic mass is 16.6. The van der Waals surface area contributed by atoms with Gasteiger partial charge in [-0.25, -0.2) is 4.79 Å². The molecule has 1 aliphatic rings. The minimum Gasteiger partial charge on any atom is -0.447 e. The average molecular weight is 505 g/mol. The first-order valence-electron chi connectivity index (χ1n) is 14.8. The van der Waals surface area contributed by atoms with Crippen molar-refractivity contribution >= 4 is 6.09 Å². The number of alkyl carbamates (subject to hydrolysis) is 1. The van der Waals surface area contributed by atoms with Gasteiger partial charge in [-0.3, -0.25) is 4.98 Å². The van der Waals surface area contributed by atoms with E-state index in [0.717, 1.165) is 31.7 Å². The van der Waals surface area contributed by atoms with E-state index < -0.39 is 6.09 Å². The van der Waals surface area contributed by atoms with Crippen molar-refractivity contribution in [2.75, 3.05) is 33.0 Å². The maximum atomic E-state index is 11.9. The Bertz CT molecular complexity index is 643. The number of amides is 1. The lowest BCUT2D eigenvalue weighted by atomic mass is 10.0. The Hall–Kier alpha value is -1.66. The number of carbonyl (C=O) groups is 1. The number of nitrogens with zero attached hydrogens (tertiary/aromatic N) is 1. The number of rotatable bonds is 22. The molecule has 2 atom stereocenters. The number of unbranched alkanes of at least 4 members (excludes halogenated alkanes) is 13. The fourth-order valence-corrected chi connectivity index (χ4v) is 4.72. The molecule has 0 radical (unpaired) electrons. The Morgan fingerprint density at radius 1 is 0.944 bits per heavy atom. The third-order valence-electron chi connectivity index (χ3n) is 6.94. The van der Waals surface area contributed by atoms with Crippen LogP contribution in [-0.2, 0) is 20.6 Å². The molecular weight excluding hydrogens is 452 g/mol. The van der Waals surface area contributed by atoms with Gasteiger partial charge in [-0.2, -0.15) is 0 Å². The van der Waals surface area contributed by atoms with Crippen LogP contribution in [0.1, 0.15) is 109 Å². The standard InChI is InChI=1S/C30H52N2O4/c1-2-3-4-5-6-7-8-9-10-11-12-13-14-17-22-34-24-27-23-29(35-25-27)26-36-30(33)32-21-19-28-18-15-16-20-31-28/h15-16,18,20,27,29H,2-14,17,19,21-26H2,1H3,(H,32,33)/t27-,29-/m1/s1. The molecule has 1 amide bonds. The first-order chi connectivity index (χ1) is 17.8. The molecule has 1 aliphatic heterocycles. The largest absolute Gasteiger partial charge is 0.447 e. The van der Waals surface area contributed by atoms with E-state index in [0.29, 0.717) is 32.1 Å². The number of ether oxygens (including phenoxy) is 3. The van der Waals surface area contributed by atoms with Gasteiger partial charge >= 0.3 is 6.09 Å². The van der Waals surface area contributed by atoms with Gasteiger partial charge in [-0.15, -0.1) is 0 Å². The van der Waals surface area contributed by atoms with E-state index in [9.17, 15) is 4.79 Å². The smallest absolute Gasteiger partial charge is 0.407 e. The fourth-order valence-electron chi connectivity index (χ4n) is 4.72. The Kier molecular flexibility index (Phi) is 18.2. The van der Waals surface area contributed by atoms with Gasteiger partial charge < -0.3 is 19.5 Å². The topological polar surface area (TPSA) is 69.7 Å². The van der Waals surface area contributed by atoms with Crippen LogP contribution in [0.5, 0.6) is 0 Å². The first kappa shape index (κ1) is 30.6. The van der Waals surface area contributed by atoms with Crippen LogP contribution in [0.25, 0.3) is 0 Å². The summed E-state index contributed by atoms with van der Waals surface area (Å²) in [5, 5.41) is 2.77. The van der Waals surface area contributed by atoms with E-state index in [2.05, 4.69) is 17.2 Å². The summed E-state index contributed by atoms with van der Waals surface area (Å²) in [5.74, 6) is 0.400. The first-order valence-corrected chi connectivity index (χ1v) is 14.8. The van der Waals surface area contributed by atoms with Crippen LogP contribution < -0.4 is 5.32 Å². The third kappa shape index (κ3) is 16.2. The zero-order valence-electron chi connectivity index (χ0n) is 22.9. The molecule has 1 N–H and O–H groups in total. The van der Waals surface area contributed by atoms with Gasteiger partial charge in [0.05, 0.1) is 19.3 Å². The lowest BCUT2D eigenvalue weighted by Gasteiger charge is -2.11. The number of hydrogen-bond acceptors (Lipinski definition) is 5. The van der Waals surface area contributed by atoms with Crippen molar-refractivity contribution in [2.24, 2.45) is 5.92 Å². The van der Waals surface area contributed by atoms with Gasteiger partial charge in [-0.05, 0) is 25.0 Å². The van der Waals surface area contributed by atoms with E-state index in [1.165, 1.54) is 83.5 Å². The molecule has 0 aliphatic carbocycles. The van der Waals surface area contributed by atoms with Gasteiger partial charge in [0.15, 0.2) is 0 Å². The van der Waals surface area contributed by atoms with Crippen molar-refractivity contribution in [3.63, 3.8) is 0 Å². The van der Waals surface area contributed by atoms with Crippen LogP contribution in [0, 0.1) is 5.92 Å². The van der Waals surface area contributed by atoms with Crippen LogP contribution >= 0.6 is 0 Å². The molecule has 0 bridgehead atoms. The lowest BCUT2D eigenvalue weighted by molar-refractivity contribution is 0.0393. The summed E-state index contributed by atoms with van der Waals surface area (Å²) in [7, 11) is 0. The average Bonchev–Trinajstić information content (AvgIpc) is 3.35. The van der Waals surface area contributed by atoms with Crippen molar-refractivity contribution in [1.82, 2.24) is 10.3 Å². The van der Waals surface area contributed by atoms with Gasteiger partial charge in [0.25, 0.3) is 0 Å². The highest BCUT2D eigenvalue weighted by Gasteiger charge is 2.26. The minimum atomic E-state index is -0.396. The minimum absolute atomic E-state index is 0.0267. The molecule has 1 aromatic heterocycles. The second-order valence-electron chi connectivity index (χ2n) is 10.3. The summed E-state index contributed by atoms with van der Waals surface area (Å²) in [6, 6.07) is 5.77. The summed E-state index contributed by atoms with van der Waals surface area (Å²) in [5.41, 5.74) is 0.953. The molecule has 6 heteroatoms. The highest BCUT2D eigenvalue weighted by molar-refractivity contribution is 5.67. The van der Waals surface area contributed by atoms with Gasteiger partial charge in [0, 0.05) is 37.4 Å². The molecule has 0 aromatic carbocycles. The van der Waals surface area contributed by atoms with E-state index in [1.54, 1.807) is 6.20 Å². The van der Waals surface area contributed by atoms with Gasteiger partial charge in [-0.1, -0.05) is 96.5 Å². The molecule has 1 saturated heterocycles. The molecular formula is C30H52N2O4. The Morgan fingerprint density at radius 2 is 1.61 bits per heavy atom. The lowest BCUT2D eigenvalue weighted by Crippen LogP contribution is -2.29. The van der Waals surface area contributed by atoms with Crippen LogP contribution in [0.3, 0.4) is 0 Å². The summed E-state index contributed by atoms with van der Waals surface area (Å²) in [6.45, 7) is 5.36. The molecule has 2 rings (SSSR count). The zero-order valence-corrected chi connectivity index (χ0v) is 22.9. The summed E-state index contributed by atoms with van der Waals surface area (Å²) < 4.78 is 17.0. The van der Waals surface area contributed by atoms with E-state index in [-0.39, 0.29) is 6.10 Å². The highest BCUT2D eigenvalue weighted by Crippen LogP contribution is 2.20. The molecule has 206 valence electrons. The van der Waals surface area contributed by atoms with E-state index in [4.69, 9.17) is 14.2 Å². The van der Waals surface area contributed by atoms with Crippen LogP contribution in [-0.4, -0.2) is 50.2 Å². The Labute approximate surface area is 220 Å². The number of aromatic nitrogens is 1. The number of nitrogens with one attached hydrogen (secondary N) is 1. The molecule has 0 spiro atoms. The van der Waals surface area contributed by atoms with Gasteiger partial charge in [0.2, 0.25) is 0 Å². The second-order valence-corrected chi connectivity index (χ2v) is 10.3. The van der Waals surface area contributed by atoms with Crippen LogP contribution in [0.4, 0.5) is 4.79 Å². The van der Waals surface area contributed by atoms with Gasteiger partial charge in [0.1, 0.15) is 6.61 Å². The monoisotopic (exact) mass is 504 g/mol. The molecule has 2 heterocycles. The molecule has 0 saturated carbocycles. The molecule has 6 nitrogen and oxygen atoms in total. The molecule has 0 unspecified atom stereocenters. The van der Waals surface area contributed by atoms with Crippen molar-refractivity contribution < 1.29 is 19.0 Å². The molecule has 1 fully saturated rings.